The number of aromatic nitrogens is 1. The van der Waals surface area contributed by atoms with Gasteiger partial charge in [0.15, 0.2) is 23.1 Å². The number of methoxy groups -OCH3 is 2. The average Bonchev–Trinajstić information content (AvgIpc) is 2.95. The minimum Gasteiger partial charge on any atom is -0.493 e. The summed E-state index contributed by atoms with van der Waals surface area (Å²) in [5, 5.41) is 5.06. The quantitative estimate of drug-likeness (QED) is 0.250. The lowest BCUT2D eigenvalue weighted by molar-refractivity contribution is 0.102. The van der Waals surface area contributed by atoms with E-state index in [1.165, 1.54) is 12.1 Å². The molecule has 0 bridgehead atoms. The second-order valence-corrected chi connectivity index (χ2v) is 7.91. The number of carbonyl (C=O) groups excluding carboxylic acids is 1. The molecule has 0 aliphatic heterocycles. The molecule has 4 aromatic carbocycles. The molecule has 1 heterocycles. The first kappa shape index (κ1) is 26.3. The normalized spacial score (nSPS) is 10.5. The Kier molecular flexibility index (Phi) is 8.01. The molecule has 1 N–H and O–H groups in total. The lowest BCUT2D eigenvalue weighted by Crippen LogP contribution is -2.14. The number of amides is 1. The maximum absolute atomic E-state index is 13.9. The van der Waals surface area contributed by atoms with Crippen LogP contribution in [0.5, 0.6) is 23.0 Å². The summed E-state index contributed by atoms with van der Waals surface area (Å²) in [6.45, 7) is 4.00. The molecule has 194 valence electrons. The highest BCUT2D eigenvalue weighted by Crippen LogP contribution is 2.37. The second-order valence-electron chi connectivity index (χ2n) is 7.91. The van der Waals surface area contributed by atoms with E-state index in [4.69, 9.17) is 14.2 Å². The van der Waals surface area contributed by atoms with Gasteiger partial charge in [-0.25, -0.2) is 8.78 Å². The van der Waals surface area contributed by atoms with E-state index in [0.717, 1.165) is 22.2 Å². The van der Waals surface area contributed by atoms with Gasteiger partial charge >= 0.3 is 0 Å². The Labute approximate surface area is 218 Å². The molecule has 0 aliphatic rings. The summed E-state index contributed by atoms with van der Waals surface area (Å²) >= 11 is 0. The van der Waals surface area contributed by atoms with Crippen LogP contribution in [0.1, 0.15) is 24.2 Å². The molecular weight excluding hydrogens is 490 g/mol. The number of fused-ring (bicyclic) bond motifs is 2. The van der Waals surface area contributed by atoms with E-state index < -0.39 is 17.5 Å². The molecule has 0 aliphatic carbocycles. The standard InChI is InChI=1S/C28H20F2N2O4.C2H6/c1-34-25-14-21-23(15-26(25)35-2)31-11-10-24(21)36-19-9-7-16-12-18(8-6-17(16)13-19)32-28(33)20-4-3-5-22(29)27(20)30;1-2/h3-15H,1-2H3,(H,32,33);1-2H3. The van der Waals surface area contributed by atoms with E-state index in [2.05, 4.69) is 10.3 Å². The summed E-state index contributed by atoms with van der Waals surface area (Å²) in [6.07, 6.45) is 1.65. The minimum absolute atomic E-state index is 0.363. The van der Waals surface area contributed by atoms with Gasteiger partial charge in [0.1, 0.15) is 11.5 Å². The Bertz CT molecular complexity index is 1620. The van der Waals surface area contributed by atoms with Gasteiger partial charge < -0.3 is 19.5 Å². The molecule has 1 aromatic heterocycles. The van der Waals surface area contributed by atoms with Crippen molar-refractivity contribution in [3.8, 4) is 23.0 Å². The fourth-order valence-corrected chi connectivity index (χ4v) is 3.91. The van der Waals surface area contributed by atoms with Gasteiger partial charge in [0.05, 0.1) is 25.3 Å². The predicted molar refractivity (Wildman–Crippen MR) is 145 cm³/mol. The van der Waals surface area contributed by atoms with Gasteiger partial charge in [-0.05, 0) is 59.3 Å². The topological polar surface area (TPSA) is 69.7 Å². The summed E-state index contributed by atoms with van der Waals surface area (Å²) < 4.78 is 44.3. The summed E-state index contributed by atoms with van der Waals surface area (Å²) in [4.78, 5) is 16.8. The van der Waals surface area contributed by atoms with Crippen LogP contribution in [0.4, 0.5) is 14.5 Å². The molecule has 0 unspecified atom stereocenters. The molecule has 0 radical (unpaired) electrons. The smallest absolute Gasteiger partial charge is 0.258 e. The van der Waals surface area contributed by atoms with Crippen molar-refractivity contribution in [2.75, 3.05) is 19.5 Å². The fraction of sp³-hybridized carbons (Fsp3) is 0.133. The largest absolute Gasteiger partial charge is 0.493 e. The highest BCUT2D eigenvalue weighted by Gasteiger charge is 2.16. The Hall–Kier alpha value is -4.72. The number of nitrogens with one attached hydrogen (secondary N) is 1. The Balaban J connectivity index is 0.00000164. The number of ether oxygens (including phenoxy) is 3. The van der Waals surface area contributed by atoms with Crippen molar-refractivity contribution >= 4 is 33.3 Å². The molecule has 38 heavy (non-hydrogen) atoms. The van der Waals surface area contributed by atoms with Crippen molar-refractivity contribution in [3.63, 3.8) is 0 Å². The molecule has 0 saturated carbocycles. The number of nitrogens with zero attached hydrogens (tertiary/aromatic N) is 1. The summed E-state index contributed by atoms with van der Waals surface area (Å²) in [5.41, 5.74) is 0.782. The average molecular weight is 517 g/mol. The fourth-order valence-electron chi connectivity index (χ4n) is 3.91. The van der Waals surface area contributed by atoms with E-state index in [9.17, 15) is 13.6 Å². The van der Waals surface area contributed by atoms with Crippen LogP contribution < -0.4 is 19.5 Å². The van der Waals surface area contributed by atoms with Crippen molar-refractivity contribution in [1.82, 2.24) is 4.98 Å². The van der Waals surface area contributed by atoms with E-state index in [-0.39, 0.29) is 5.56 Å². The molecule has 5 rings (SSSR count). The van der Waals surface area contributed by atoms with Crippen molar-refractivity contribution in [3.05, 3.63) is 96.2 Å². The minimum atomic E-state index is -1.18. The molecule has 0 saturated heterocycles. The molecule has 0 spiro atoms. The third-order valence-corrected chi connectivity index (χ3v) is 5.70. The summed E-state index contributed by atoms with van der Waals surface area (Å²) in [5.74, 6) is -0.657. The first-order valence-corrected chi connectivity index (χ1v) is 11.9. The third kappa shape index (κ3) is 5.34. The molecule has 0 fully saturated rings. The zero-order valence-electron chi connectivity index (χ0n) is 21.3. The first-order valence-electron chi connectivity index (χ1n) is 11.9. The van der Waals surface area contributed by atoms with Crippen molar-refractivity contribution in [2.45, 2.75) is 13.8 Å². The van der Waals surface area contributed by atoms with Crippen molar-refractivity contribution in [2.24, 2.45) is 0 Å². The lowest BCUT2D eigenvalue weighted by atomic mass is 10.1. The number of anilines is 1. The maximum Gasteiger partial charge on any atom is 0.258 e. The van der Waals surface area contributed by atoms with Crippen LogP contribution in [0.25, 0.3) is 21.7 Å². The molecule has 6 nitrogen and oxygen atoms in total. The van der Waals surface area contributed by atoms with Gasteiger partial charge in [-0.1, -0.05) is 32.0 Å². The second kappa shape index (κ2) is 11.6. The SMILES string of the molecule is CC.COc1cc2nccc(Oc3ccc4cc(NC(=O)c5cccc(F)c5F)ccc4c3)c2cc1OC. The highest BCUT2D eigenvalue weighted by atomic mass is 19.2. The van der Waals surface area contributed by atoms with Crippen LogP contribution in [-0.2, 0) is 0 Å². The van der Waals surface area contributed by atoms with Gasteiger partial charge in [0.25, 0.3) is 5.91 Å². The van der Waals surface area contributed by atoms with Crippen molar-refractivity contribution < 1.29 is 27.8 Å². The molecule has 8 heteroatoms. The third-order valence-electron chi connectivity index (χ3n) is 5.70. The van der Waals surface area contributed by atoms with Gasteiger partial charge in [-0.15, -0.1) is 0 Å². The Morgan fingerprint density at radius 1 is 0.816 bits per heavy atom. The van der Waals surface area contributed by atoms with E-state index in [1.807, 2.05) is 32.0 Å². The van der Waals surface area contributed by atoms with Crippen LogP contribution in [0.3, 0.4) is 0 Å². The van der Waals surface area contributed by atoms with Crippen LogP contribution in [-0.4, -0.2) is 25.1 Å². The maximum atomic E-state index is 13.9. The molecular formula is C30H26F2N2O4. The zero-order chi connectivity index (χ0) is 27.2. The number of rotatable bonds is 6. The van der Waals surface area contributed by atoms with Crippen LogP contribution in [0.15, 0.2) is 79.0 Å². The summed E-state index contributed by atoms with van der Waals surface area (Å²) in [6, 6.07) is 19.6. The van der Waals surface area contributed by atoms with Crippen LogP contribution in [0.2, 0.25) is 0 Å². The number of hydrogen-bond acceptors (Lipinski definition) is 5. The number of halogens is 2. The van der Waals surface area contributed by atoms with E-state index in [1.54, 1.807) is 56.8 Å². The summed E-state index contributed by atoms with van der Waals surface area (Å²) in [7, 11) is 3.13. The number of carbonyl (C=O) groups is 1. The molecule has 0 atom stereocenters. The lowest BCUT2D eigenvalue weighted by Gasteiger charge is -2.13. The first-order chi connectivity index (χ1) is 18.5. The number of benzene rings is 4. The van der Waals surface area contributed by atoms with Gasteiger partial charge in [-0.2, -0.15) is 0 Å². The predicted octanol–water partition coefficient (Wildman–Crippen LogP) is 7.75. The van der Waals surface area contributed by atoms with Gasteiger partial charge in [0, 0.05) is 23.3 Å². The van der Waals surface area contributed by atoms with Gasteiger partial charge in [-0.3, -0.25) is 9.78 Å². The highest BCUT2D eigenvalue weighted by molar-refractivity contribution is 6.05. The van der Waals surface area contributed by atoms with Crippen LogP contribution in [0, 0.1) is 11.6 Å². The van der Waals surface area contributed by atoms with Crippen molar-refractivity contribution in [1.29, 1.82) is 0 Å². The van der Waals surface area contributed by atoms with E-state index in [0.29, 0.717) is 34.2 Å². The molecule has 5 aromatic rings. The van der Waals surface area contributed by atoms with Crippen LogP contribution >= 0.6 is 0 Å². The van der Waals surface area contributed by atoms with Gasteiger partial charge in [0.2, 0.25) is 0 Å². The monoisotopic (exact) mass is 516 g/mol. The Morgan fingerprint density at radius 3 is 2.29 bits per heavy atom. The molecule has 1 amide bonds. The number of pyridine rings is 1. The zero-order valence-corrected chi connectivity index (χ0v) is 21.3. The number of hydrogen-bond donors (Lipinski definition) is 1. The van der Waals surface area contributed by atoms with E-state index >= 15 is 0 Å². The Morgan fingerprint density at radius 2 is 1.53 bits per heavy atom.